The number of Topliss-reactive ketones (excluding diaryl/α,β-unsaturated/α-hetero) is 1. The van der Waals surface area contributed by atoms with E-state index in [-0.39, 0.29) is 17.8 Å². The Morgan fingerprint density at radius 1 is 1.29 bits per heavy atom. The first-order valence-electron chi connectivity index (χ1n) is 7.54. The summed E-state index contributed by atoms with van der Waals surface area (Å²) < 4.78 is 5.85. The summed E-state index contributed by atoms with van der Waals surface area (Å²) in [5.41, 5.74) is -0.336. The van der Waals surface area contributed by atoms with Gasteiger partial charge in [-0.1, -0.05) is 39.0 Å². The molecular formula is C18H24O2S. The number of ketones is 1. The van der Waals surface area contributed by atoms with Gasteiger partial charge in [0.2, 0.25) is 0 Å². The first-order chi connectivity index (χ1) is 9.97. The van der Waals surface area contributed by atoms with Crippen LogP contribution in [-0.2, 0) is 9.53 Å². The number of hydrogen-bond acceptors (Lipinski definition) is 3. The molecule has 0 aliphatic heterocycles. The summed E-state index contributed by atoms with van der Waals surface area (Å²) in [5.74, 6) is 1.13. The third-order valence-electron chi connectivity index (χ3n) is 3.56. The summed E-state index contributed by atoms with van der Waals surface area (Å²) in [6, 6.07) is 10.4. The second-order valence-corrected chi connectivity index (χ2v) is 7.69. The SMILES string of the molecule is CC(C)(C)C(=O)COC1=CCCCC1Sc1ccccc1. The Hall–Kier alpha value is -1.22. The highest BCUT2D eigenvalue weighted by atomic mass is 32.2. The minimum absolute atomic E-state index is 0.150. The van der Waals surface area contributed by atoms with Crippen molar-refractivity contribution in [2.45, 2.75) is 50.2 Å². The van der Waals surface area contributed by atoms with E-state index >= 15 is 0 Å². The average Bonchev–Trinajstić information content (AvgIpc) is 2.46. The lowest BCUT2D eigenvalue weighted by atomic mass is 9.91. The largest absolute Gasteiger partial charge is 0.489 e. The van der Waals surface area contributed by atoms with E-state index in [1.54, 1.807) is 0 Å². The quantitative estimate of drug-likeness (QED) is 0.778. The maximum Gasteiger partial charge on any atom is 0.175 e. The molecule has 0 spiro atoms. The van der Waals surface area contributed by atoms with Gasteiger partial charge in [-0.05, 0) is 37.5 Å². The molecule has 21 heavy (non-hydrogen) atoms. The highest BCUT2D eigenvalue weighted by Gasteiger charge is 2.25. The van der Waals surface area contributed by atoms with Crippen molar-refractivity contribution in [1.82, 2.24) is 0 Å². The van der Waals surface area contributed by atoms with E-state index in [0.717, 1.165) is 18.6 Å². The van der Waals surface area contributed by atoms with Gasteiger partial charge in [-0.2, -0.15) is 0 Å². The fourth-order valence-electron chi connectivity index (χ4n) is 2.12. The van der Waals surface area contributed by atoms with Gasteiger partial charge in [0.25, 0.3) is 0 Å². The Balaban J connectivity index is 1.96. The van der Waals surface area contributed by atoms with E-state index in [1.165, 1.54) is 11.3 Å². The number of rotatable bonds is 5. The fourth-order valence-corrected chi connectivity index (χ4v) is 3.33. The van der Waals surface area contributed by atoms with Crippen LogP contribution in [0, 0.1) is 5.41 Å². The molecule has 0 heterocycles. The van der Waals surface area contributed by atoms with Crippen LogP contribution < -0.4 is 0 Å². The van der Waals surface area contributed by atoms with Crippen LogP contribution in [0.4, 0.5) is 0 Å². The van der Waals surface area contributed by atoms with Gasteiger partial charge >= 0.3 is 0 Å². The summed E-state index contributed by atoms with van der Waals surface area (Å²) >= 11 is 1.83. The minimum atomic E-state index is -0.336. The molecule has 0 N–H and O–H groups in total. The van der Waals surface area contributed by atoms with Crippen molar-refractivity contribution in [1.29, 1.82) is 0 Å². The average molecular weight is 304 g/mol. The predicted molar refractivity (Wildman–Crippen MR) is 88.4 cm³/mol. The maximum atomic E-state index is 12.0. The van der Waals surface area contributed by atoms with Crippen LogP contribution in [0.5, 0.6) is 0 Å². The Labute approximate surface area is 132 Å². The molecule has 0 aromatic heterocycles. The van der Waals surface area contributed by atoms with E-state index in [2.05, 4.69) is 30.3 Å². The molecule has 2 rings (SSSR count). The number of thioether (sulfide) groups is 1. The lowest BCUT2D eigenvalue weighted by Gasteiger charge is -2.25. The van der Waals surface area contributed by atoms with Crippen LogP contribution in [0.15, 0.2) is 47.1 Å². The van der Waals surface area contributed by atoms with Crippen molar-refractivity contribution < 1.29 is 9.53 Å². The summed E-state index contributed by atoms with van der Waals surface area (Å²) in [6.07, 6.45) is 5.49. The van der Waals surface area contributed by atoms with Crippen LogP contribution in [0.25, 0.3) is 0 Å². The third kappa shape index (κ3) is 4.92. The first kappa shape index (κ1) is 16.2. The molecule has 0 fully saturated rings. The maximum absolute atomic E-state index is 12.0. The molecule has 2 nitrogen and oxygen atoms in total. The zero-order valence-corrected chi connectivity index (χ0v) is 13.9. The smallest absolute Gasteiger partial charge is 0.175 e. The molecular weight excluding hydrogens is 280 g/mol. The van der Waals surface area contributed by atoms with Gasteiger partial charge in [0.1, 0.15) is 12.4 Å². The predicted octanol–water partition coefficient (Wildman–Crippen LogP) is 4.85. The molecule has 1 aliphatic rings. The van der Waals surface area contributed by atoms with Crippen LogP contribution in [0.2, 0.25) is 0 Å². The van der Waals surface area contributed by atoms with Gasteiger partial charge in [-0.25, -0.2) is 0 Å². The summed E-state index contributed by atoms with van der Waals surface area (Å²) in [5, 5.41) is 0.328. The Kier molecular flexibility index (Phi) is 5.51. The van der Waals surface area contributed by atoms with Crippen molar-refractivity contribution >= 4 is 17.5 Å². The van der Waals surface area contributed by atoms with Crippen molar-refractivity contribution in [3.8, 4) is 0 Å². The van der Waals surface area contributed by atoms with Crippen molar-refractivity contribution in [3.05, 3.63) is 42.2 Å². The molecule has 0 bridgehead atoms. The second kappa shape index (κ2) is 7.17. The van der Waals surface area contributed by atoms with E-state index < -0.39 is 0 Å². The van der Waals surface area contributed by atoms with Gasteiger partial charge in [-0.3, -0.25) is 4.79 Å². The number of ether oxygens (including phenoxy) is 1. The van der Waals surface area contributed by atoms with Crippen molar-refractivity contribution in [3.63, 3.8) is 0 Å². The van der Waals surface area contributed by atoms with Crippen LogP contribution in [0.1, 0.15) is 40.0 Å². The van der Waals surface area contributed by atoms with Crippen LogP contribution in [-0.4, -0.2) is 17.6 Å². The molecule has 1 aromatic rings. The van der Waals surface area contributed by atoms with E-state index in [0.29, 0.717) is 5.25 Å². The highest BCUT2D eigenvalue weighted by Crippen LogP contribution is 2.35. The van der Waals surface area contributed by atoms with Gasteiger partial charge in [0.15, 0.2) is 5.78 Å². The first-order valence-corrected chi connectivity index (χ1v) is 8.42. The zero-order valence-electron chi connectivity index (χ0n) is 13.1. The zero-order chi connectivity index (χ0) is 15.3. The molecule has 3 heteroatoms. The lowest BCUT2D eigenvalue weighted by Crippen LogP contribution is -2.26. The molecule has 0 saturated heterocycles. The molecule has 1 atom stereocenters. The number of carbonyl (C=O) groups excluding carboxylic acids is 1. The van der Waals surface area contributed by atoms with Crippen molar-refractivity contribution in [2.24, 2.45) is 5.41 Å². The van der Waals surface area contributed by atoms with Crippen LogP contribution >= 0.6 is 11.8 Å². The lowest BCUT2D eigenvalue weighted by molar-refractivity contribution is -0.129. The summed E-state index contributed by atoms with van der Waals surface area (Å²) in [7, 11) is 0. The Bertz CT molecular complexity index is 500. The normalized spacial score (nSPS) is 19.0. The van der Waals surface area contributed by atoms with Crippen LogP contribution in [0.3, 0.4) is 0 Å². The Morgan fingerprint density at radius 3 is 2.67 bits per heavy atom. The van der Waals surface area contributed by atoms with Gasteiger partial charge in [0.05, 0.1) is 5.25 Å². The van der Waals surface area contributed by atoms with Crippen molar-refractivity contribution in [2.75, 3.05) is 6.61 Å². The summed E-state index contributed by atoms with van der Waals surface area (Å²) in [6.45, 7) is 5.99. The molecule has 0 radical (unpaired) electrons. The molecule has 114 valence electrons. The number of carbonyl (C=O) groups is 1. The topological polar surface area (TPSA) is 26.3 Å². The standard InChI is InChI=1S/C18H24O2S/c1-18(2,3)17(19)13-20-15-11-7-8-12-16(15)21-14-9-5-4-6-10-14/h4-6,9-11,16H,7-8,12-13H2,1-3H3. The Morgan fingerprint density at radius 2 is 2.00 bits per heavy atom. The van der Waals surface area contributed by atoms with E-state index in [9.17, 15) is 4.79 Å². The molecule has 1 aromatic carbocycles. The second-order valence-electron chi connectivity index (χ2n) is 6.42. The number of allylic oxidation sites excluding steroid dienone is 1. The molecule has 1 aliphatic carbocycles. The number of benzene rings is 1. The molecule has 0 amide bonds. The van der Waals surface area contributed by atoms with Gasteiger partial charge in [-0.15, -0.1) is 11.8 Å². The summed E-state index contributed by atoms with van der Waals surface area (Å²) in [4.78, 5) is 13.3. The van der Waals surface area contributed by atoms with Gasteiger partial charge in [0, 0.05) is 10.3 Å². The highest BCUT2D eigenvalue weighted by molar-refractivity contribution is 8.00. The van der Waals surface area contributed by atoms with E-state index in [4.69, 9.17) is 4.74 Å². The fraction of sp³-hybridized carbons (Fsp3) is 0.500. The third-order valence-corrected chi connectivity index (χ3v) is 4.86. The van der Waals surface area contributed by atoms with E-state index in [1.807, 2.05) is 38.6 Å². The molecule has 0 saturated carbocycles. The molecule has 1 unspecified atom stereocenters. The number of hydrogen-bond donors (Lipinski definition) is 0. The van der Waals surface area contributed by atoms with Gasteiger partial charge < -0.3 is 4.74 Å². The minimum Gasteiger partial charge on any atom is -0.489 e. The monoisotopic (exact) mass is 304 g/mol.